The first kappa shape index (κ1) is 13.5. The van der Waals surface area contributed by atoms with E-state index >= 15 is 0 Å². The van der Waals surface area contributed by atoms with Gasteiger partial charge in [0, 0.05) is 44.0 Å². The molecule has 6 heteroatoms. The molecule has 0 aliphatic carbocycles. The molecule has 0 amide bonds. The number of nitrogens with zero attached hydrogens (tertiary/aromatic N) is 2. The molecule has 1 saturated heterocycles. The van der Waals surface area contributed by atoms with Gasteiger partial charge in [-0.2, -0.15) is 4.31 Å². The second kappa shape index (κ2) is 5.77. The van der Waals surface area contributed by atoms with E-state index in [4.69, 9.17) is 0 Å². The molecule has 1 aromatic rings. The van der Waals surface area contributed by atoms with E-state index in [-0.39, 0.29) is 11.8 Å². The highest BCUT2D eigenvalue weighted by Gasteiger charge is 2.26. The molecule has 0 aromatic carbocycles. The maximum atomic E-state index is 12.2. The Morgan fingerprint density at radius 2 is 2.33 bits per heavy atom. The lowest BCUT2D eigenvalue weighted by Crippen LogP contribution is -2.51. The van der Waals surface area contributed by atoms with Crippen molar-refractivity contribution in [3.8, 4) is 0 Å². The predicted molar refractivity (Wildman–Crippen MR) is 70.8 cm³/mol. The lowest BCUT2D eigenvalue weighted by Gasteiger charge is -2.30. The van der Waals surface area contributed by atoms with Crippen molar-refractivity contribution in [2.24, 2.45) is 0 Å². The van der Waals surface area contributed by atoms with Crippen LogP contribution in [0.1, 0.15) is 12.6 Å². The minimum atomic E-state index is -3.16. The molecular formula is C12H19N3O2S. The van der Waals surface area contributed by atoms with Gasteiger partial charge in [-0.3, -0.25) is 4.98 Å². The summed E-state index contributed by atoms with van der Waals surface area (Å²) >= 11 is 0. The fourth-order valence-electron chi connectivity index (χ4n) is 2.06. The Balaban J connectivity index is 1.95. The molecule has 0 bridgehead atoms. The summed E-state index contributed by atoms with van der Waals surface area (Å²) in [5.74, 6) is 0.136. The van der Waals surface area contributed by atoms with Gasteiger partial charge in [0.25, 0.3) is 0 Å². The molecular weight excluding hydrogens is 250 g/mol. The fraction of sp³-hybridized carbons (Fsp3) is 0.583. The maximum absolute atomic E-state index is 12.2. The number of nitrogens with one attached hydrogen (secondary N) is 1. The van der Waals surface area contributed by atoms with Gasteiger partial charge in [-0.15, -0.1) is 0 Å². The predicted octanol–water partition coefficient (Wildman–Crippen LogP) is 0.248. The van der Waals surface area contributed by atoms with Crippen molar-refractivity contribution in [1.29, 1.82) is 0 Å². The zero-order chi connectivity index (χ0) is 13.0. The lowest BCUT2D eigenvalue weighted by atomic mass is 10.3. The van der Waals surface area contributed by atoms with Gasteiger partial charge >= 0.3 is 0 Å². The molecule has 1 aliphatic rings. The first-order chi connectivity index (χ1) is 8.58. The number of pyridine rings is 1. The molecule has 1 fully saturated rings. The minimum absolute atomic E-state index is 0.136. The van der Waals surface area contributed by atoms with E-state index in [1.807, 2.05) is 25.1 Å². The van der Waals surface area contributed by atoms with Crippen LogP contribution in [-0.4, -0.2) is 49.1 Å². The van der Waals surface area contributed by atoms with E-state index in [0.717, 1.165) is 12.2 Å². The highest BCUT2D eigenvalue weighted by molar-refractivity contribution is 7.89. The second-order valence-electron chi connectivity index (χ2n) is 4.60. The van der Waals surface area contributed by atoms with E-state index in [1.54, 1.807) is 10.5 Å². The third kappa shape index (κ3) is 3.51. The van der Waals surface area contributed by atoms with E-state index in [1.165, 1.54) is 0 Å². The topological polar surface area (TPSA) is 62.3 Å². The summed E-state index contributed by atoms with van der Waals surface area (Å²) in [7, 11) is -3.16. The number of sulfonamides is 1. The van der Waals surface area contributed by atoms with Crippen LogP contribution in [0.15, 0.2) is 24.4 Å². The summed E-state index contributed by atoms with van der Waals surface area (Å²) in [5, 5.41) is 3.24. The van der Waals surface area contributed by atoms with Crippen molar-refractivity contribution < 1.29 is 8.42 Å². The van der Waals surface area contributed by atoms with Gasteiger partial charge in [-0.1, -0.05) is 6.07 Å². The third-order valence-corrected chi connectivity index (χ3v) is 4.91. The third-order valence-electron chi connectivity index (χ3n) is 3.07. The summed E-state index contributed by atoms with van der Waals surface area (Å²) in [6.45, 7) is 3.85. The number of aryl methyl sites for hydroxylation is 1. The number of hydrogen-bond acceptors (Lipinski definition) is 4. The molecule has 1 N–H and O–H groups in total. The first-order valence-electron chi connectivity index (χ1n) is 6.19. The van der Waals surface area contributed by atoms with E-state index < -0.39 is 10.0 Å². The Labute approximate surface area is 108 Å². The number of hydrogen-bond donors (Lipinski definition) is 1. The minimum Gasteiger partial charge on any atom is -0.312 e. The Morgan fingerprint density at radius 3 is 3.00 bits per heavy atom. The lowest BCUT2D eigenvalue weighted by molar-refractivity contribution is 0.310. The molecule has 5 nitrogen and oxygen atoms in total. The molecule has 0 radical (unpaired) electrons. The summed E-state index contributed by atoms with van der Waals surface area (Å²) in [4.78, 5) is 4.15. The van der Waals surface area contributed by atoms with Crippen LogP contribution in [0.3, 0.4) is 0 Å². The van der Waals surface area contributed by atoms with Crippen LogP contribution in [-0.2, 0) is 16.4 Å². The average molecular weight is 269 g/mol. The maximum Gasteiger partial charge on any atom is 0.214 e. The summed E-state index contributed by atoms with van der Waals surface area (Å²) in [5.41, 5.74) is 0.823. The average Bonchev–Trinajstić information content (AvgIpc) is 2.38. The molecule has 2 heterocycles. The van der Waals surface area contributed by atoms with E-state index in [0.29, 0.717) is 19.5 Å². The van der Waals surface area contributed by atoms with Gasteiger partial charge in [0.2, 0.25) is 10.0 Å². The Hall–Kier alpha value is -0.980. The zero-order valence-corrected chi connectivity index (χ0v) is 11.4. The molecule has 0 spiro atoms. The Bertz CT molecular complexity index is 475. The molecule has 1 unspecified atom stereocenters. The highest BCUT2D eigenvalue weighted by atomic mass is 32.2. The van der Waals surface area contributed by atoms with Crippen LogP contribution >= 0.6 is 0 Å². The van der Waals surface area contributed by atoms with Crippen LogP contribution in [0.5, 0.6) is 0 Å². The Morgan fingerprint density at radius 1 is 1.50 bits per heavy atom. The summed E-state index contributed by atoms with van der Waals surface area (Å²) < 4.78 is 25.9. The smallest absolute Gasteiger partial charge is 0.214 e. The van der Waals surface area contributed by atoms with Crippen LogP contribution in [0.4, 0.5) is 0 Å². The van der Waals surface area contributed by atoms with Crippen molar-refractivity contribution in [3.05, 3.63) is 30.1 Å². The molecule has 18 heavy (non-hydrogen) atoms. The molecule has 100 valence electrons. The van der Waals surface area contributed by atoms with Gasteiger partial charge in [0.15, 0.2) is 0 Å². The molecule has 1 atom stereocenters. The SMILES string of the molecule is CC1CN(S(=O)(=O)CCc2ccccn2)CCN1. The van der Waals surface area contributed by atoms with Crippen molar-refractivity contribution in [3.63, 3.8) is 0 Å². The molecule has 1 aromatic heterocycles. The monoisotopic (exact) mass is 269 g/mol. The molecule has 1 aliphatic heterocycles. The zero-order valence-electron chi connectivity index (χ0n) is 10.5. The molecule has 2 rings (SSSR count). The molecule has 0 saturated carbocycles. The van der Waals surface area contributed by atoms with E-state index in [9.17, 15) is 8.42 Å². The highest BCUT2D eigenvalue weighted by Crippen LogP contribution is 2.08. The number of piperazine rings is 1. The van der Waals surface area contributed by atoms with Crippen LogP contribution in [0.2, 0.25) is 0 Å². The van der Waals surface area contributed by atoms with Gasteiger partial charge in [0.1, 0.15) is 0 Å². The van der Waals surface area contributed by atoms with Crippen LogP contribution < -0.4 is 5.32 Å². The first-order valence-corrected chi connectivity index (χ1v) is 7.80. The number of aromatic nitrogens is 1. The van der Waals surface area contributed by atoms with Crippen molar-refractivity contribution >= 4 is 10.0 Å². The summed E-state index contributed by atoms with van der Waals surface area (Å²) in [6.07, 6.45) is 2.16. The van der Waals surface area contributed by atoms with E-state index in [2.05, 4.69) is 10.3 Å². The van der Waals surface area contributed by atoms with Gasteiger partial charge < -0.3 is 5.32 Å². The van der Waals surface area contributed by atoms with Crippen molar-refractivity contribution in [2.75, 3.05) is 25.4 Å². The summed E-state index contributed by atoms with van der Waals surface area (Å²) in [6, 6.07) is 5.79. The van der Waals surface area contributed by atoms with Gasteiger partial charge in [-0.05, 0) is 19.1 Å². The number of rotatable bonds is 4. The second-order valence-corrected chi connectivity index (χ2v) is 6.69. The normalized spacial score (nSPS) is 21.9. The standard InChI is InChI=1S/C12H19N3O2S/c1-11-10-15(8-7-13-11)18(16,17)9-5-12-4-2-3-6-14-12/h2-4,6,11,13H,5,7-10H2,1H3. The van der Waals surface area contributed by atoms with Gasteiger partial charge in [-0.25, -0.2) is 8.42 Å². The van der Waals surface area contributed by atoms with Gasteiger partial charge in [0.05, 0.1) is 5.75 Å². The fourth-order valence-corrected chi connectivity index (χ4v) is 3.60. The quantitative estimate of drug-likeness (QED) is 0.851. The van der Waals surface area contributed by atoms with Crippen LogP contribution in [0, 0.1) is 0 Å². The van der Waals surface area contributed by atoms with Crippen molar-refractivity contribution in [2.45, 2.75) is 19.4 Å². The van der Waals surface area contributed by atoms with Crippen LogP contribution in [0.25, 0.3) is 0 Å². The largest absolute Gasteiger partial charge is 0.312 e. The Kier molecular flexibility index (Phi) is 4.31. The van der Waals surface area contributed by atoms with Crippen molar-refractivity contribution in [1.82, 2.24) is 14.6 Å².